The number of methoxy groups -OCH3 is 1. The lowest BCUT2D eigenvalue weighted by molar-refractivity contribution is 0.285. The molecule has 0 aromatic heterocycles. The van der Waals surface area contributed by atoms with Gasteiger partial charge >= 0.3 is 0 Å². The molecule has 1 heterocycles. The van der Waals surface area contributed by atoms with Crippen LogP contribution < -0.4 is 4.74 Å². The van der Waals surface area contributed by atoms with Crippen molar-refractivity contribution in [3.05, 3.63) is 101 Å². The van der Waals surface area contributed by atoms with Gasteiger partial charge in [0, 0.05) is 17.6 Å². The van der Waals surface area contributed by atoms with E-state index in [0.717, 1.165) is 6.08 Å². The molecule has 0 N–H and O–H groups in total. The first-order chi connectivity index (χ1) is 13.6. The van der Waals surface area contributed by atoms with Crippen molar-refractivity contribution in [3.63, 3.8) is 0 Å². The summed E-state index contributed by atoms with van der Waals surface area (Å²) < 4.78 is 67.5. The smallest absolute Gasteiger partial charge is 0.201 e. The molecule has 154 valence electrons. The number of halogens is 4. The molecule has 0 radical (unpaired) electrons. The highest BCUT2D eigenvalue weighted by molar-refractivity contribution is 5.55. The first-order valence-corrected chi connectivity index (χ1v) is 8.86. The minimum absolute atomic E-state index is 0.0659. The van der Waals surface area contributed by atoms with Crippen LogP contribution in [0.1, 0.15) is 24.5 Å². The first-order valence-electron chi connectivity index (χ1n) is 8.86. The van der Waals surface area contributed by atoms with Gasteiger partial charge in [-0.2, -0.15) is 4.39 Å². The number of hydrogen-bond donors (Lipinski definition) is 0. The lowest BCUT2D eigenvalue weighted by atomic mass is 9.95. The maximum Gasteiger partial charge on any atom is 0.201 e. The van der Waals surface area contributed by atoms with Crippen LogP contribution in [0.3, 0.4) is 0 Å². The fourth-order valence-corrected chi connectivity index (χ4v) is 2.79. The maximum absolute atomic E-state index is 15.0. The summed E-state index contributed by atoms with van der Waals surface area (Å²) in [5.74, 6) is -5.13. The van der Waals surface area contributed by atoms with Gasteiger partial charge in [0.25, 0.3) is 0 Å². The van der Waals surface area contributed by atoms with Gasteiger partial charge in [0.2, 0.25) is 5.82 Å². The van der Waals surface area contributed by atoms with E-state index in [-0.39, 0.29) is 34.5 Å². The van der Waals surface area contributed by atoms with Crippen molar-refractivity contribution in [2.45, 2.75) is 26.2 Å². The Hall–Kier alpha value is -3.02. The molecular weight excluding hydrogens is 384 g/mol. The Morgan fingerprint density at radius 1 is 1.21 bits per heavy atom. The van der Waals surface area contributed by atoms with E-state index in [4.69, 9.17) is 4.74 Å². The quantitative estimate of drug-likeness (QED) is 0.284. The molecule has 2 rings (SSSR count). The van der Waals surface area contributed by atoms with Crippen molar-refractivity contribution in [1.29, 1.82) is 0 Å². The molecule has 0 amide bonds. The molecule has 6 heteroatoms. The minimum atomic E-state index is -1.18. The molecule has 1 aliphatic heterocycles. The third-order valence-corrected chi connectivity index (χ3v) is 4.43. The van der Waals surface area contributed by atoms with Crippen molar-refractivity contribution in [2.75, 3.05) is 7.11 Å². The van der Waals surface area contributed by atoms with Crippen LogP contribution >= 0.6 is 0 Å². The van der Waals surface area contributed by atoms with Gasteiger partial charge in [0.05, 0.1) is 7.11 Å². The minimum Gasteiger partial charge on any atom is -0.494 e. The Kier molecular flexibility index (Phi) is 6.90. The Balaban J connectivity index is 2.41. The van der Waals surface area contributed by atoms with E-state index in [0.29, 0.717) is 18.4 Å². The zero-order valence-electron chi connectivity index (χ0n) is 16.4. The van der Waals surface area contributed by atoms with Gasteiger partial charge in [-0.15, -0.1) is 0 Å². The summed E-state index contributed by atoms with van der Waals surface area (Å²) in [6, 6.07) is 1.50. The second kappa shape index (κ2) is 8.99. The molecular formula is C23H22F4O2. The predicted octanol–water partition coefficient (Wildman–Crippen LogP) is 6.72. The second-order valence-electron chi connectivity index (χ2n) is 6.55. The molecule has 0 bridgehead atoms. The van der Waals surface area contributed by atoms with Crippen molar-refractivity contribution in [3.8, 4) is 5.75 Å². The van der Waals surface area contributed by atoms with Crippen LogP contribution in [0.4, 0.5) is 17.6 Å². The number of fused-ring (bicyclic) bond motifs is 1. The van der Waals surface area contributed by atoms with Gasteiger partial charge in [-0.1, -0.05) is 39.7 Å². The molecule has 1 aromatic rings. The van der Waals surface area contributed by atoms with Gasteiger partial charge in [-0.25, -0.2) is 13.2 Å². The Bertz CT molecular complexity index is 968. The average Bonchev–Trinajstić information content (AvgIpc) is 2.69. The number of ether oxygens (including phenoxy) is 2. The number of benzene rings is 1. The highest BCUT2D eigenvalue weighted by Gasteiger charge is 2.29. The molecule has 0 saturated carbocycles. The van der Waals surface area contributed by atoms with Crippen molar-refractivity contribution in [1.82, 2.24) is 0 Å². The molecule has 1 aromatic carbocycles. The van der Waals surface area contributed by atoms with Gasteiger partial charge in [0.15, 0.2) is 29.0 Å². The number of aryl methyl sites for hydroxylation is 1. The topological polar surface area (TPSA) is 18.5 Å². The fourth-order valence-electron chi connectivity index (χ4n) is 2.79. The van der Waals surface area contributed by atoms with Crippen LogP contribution in [0, 0.1) is 11.6 Å². The average molecular weight is 406 g/mol. The second-order valence-corrected chi connectivity index (χ2v) is 6.55. The van der Waals surface area contributed by atoms with Gasteiger partial charge in [-0.05, 0) is 35.3 Å². The van der Waals surface area contributed by atoms with Crippen molar-refractivity contribution in [2.24, 2.45) is 0 Å². The molecule has 0 spiro atoms. The fraction of sp³-hybridized carbons (Fsp3) is 0.217. The van der Waals surface area contributed by atoms with E-state index >= 15 is 0 Å². The van der Waals surface area contributed by atoms with Crippen LogP contribution in [-0.2, 0) is 17.6 Å². The van der Waals surface area contributed by atoms with Gasteiger partial charge in [0.1, 0.15) is 5.76 Å². The third-order valence-electron chi connectivity index (χ3n) is 4.43. The van der Waals surface area contributed by atoms with Crippen LogP contribution in [0.5, 0.6) is 5.75 Å². The van der Waals surface area contributed by atoms with Crippen LogP contribution in [0.2, 0.25) is 0 Å². The number of hydrogen-bond acceptors (Lipinski definition) is 2. The third kappa shape index (κ3) is 4.53. The van der Waals surface area contributed by atoms with Gasteiger partial charge < -0.3 is 9.47 Å². The molecule has 1 aliphatic rings. The zero-order valence-corrected chi connectivity index (χ0v) is 16.4. The van der Waals surface area contributed by atoms with Crippen molar-refractivity contribution >= 4 is 0 Å². The lowest BCUT2D eigenvalue weighted by Gasteiger charge is -2.24. The summed E-state index contributed by atoms with van der Waals surface area (Å²) in [6.07, 6.45) is 1.96. The van der Waals surface area contributed by atoms with E-state index in [1.165, 1.54) is 13.2 Å². The van der Waals surface area contributed by atoms with Crippen molar-refractivity contribution < 1.29 is 27.0 Å². The first kappa shape index (κ1) is 22.3. The Morgan fingerprint density at radius 3 is 2.45 bits per heavy atom. The van der Waals surface area contributed by atoms with Gasteiger partial charge in [-0.3, -0.25) is 0 Å². The summed E-state index contributed by atoms with van der Waals surface area (Å²) >= 11 is 0. The SMILES string of the molecule is C=C(/C=C(/F)C(=C)OC)C(=C)/C(F)=C1/Oc2c(cc(CCC)c(F)c2F)CC1=C. The molecule has 0 fully saturated rings. The molecule has 0 unspecified atom stereocenters. The summed E-state index contributed by atoms with van der Waals surface area (Å²) in [5.41, 5.74) is 0.402. The summed E-state index contributed by atoms with van der Waals surface area (Å²) in [7, 11) is 1.23. The number of rotatable bonds is 7. The summed E-state index contributed by atoms with van der Waals surface area (Å²) in [6.45, 7) is 16.0. The monoisotopic (exact) mass is 406 g/mol. The zero-order chi connectivity index (χ0) is 21.9. The lowest BCUT2D eigenvalue weighted by Crippen LogP contribution is -2.15. The Labute approximate surface area is 167 Å². The summed E-state index contributed by atoms with van der Waals surface area (Å²) in [4.78, 5) is 0. The van der Waals surface area contributed by atoms with E-state index in [2.05, 4.69) is 31.1 Å². The molecule has 0 saturated heterocycles. The standard InChI is InChI=1S/C23H22F4O2/c1-7-8-16-11-17-9-13(3)22(29-23(17)21(27)20(16)26)19(25)14(4)12(2)10-18(24)15(5)28-6/h10-11H,2-5,7-9H2,1,6H3/b18-10+,22-19-. The Morgan fingerprint density at radius 2 is 1.86 bits per heavy atom. The highest BCUT2D eigenvalue weighted by Crippen LogP contribution is 2.39. The van der Waals surface area contributed by atoms with Crippen LogP contribution in [0.25, 0.3) is 0 Å². The van der Waals surface area contributed by atoms with Crippen LogP contribution in [0.15, 0.2) is 78.3 Å². The molecule has 29 heavy (non-hydrogen) atoms. The van der Waals surface area contributed by atoms with E-state index < -0.39 is 34.8 Å². The predicted molar refractivity (Wildman–Crippen MR) is 106 cm³/mol. The molecule has 0 atom stereocenters. The largest absolute Gasteiger partial charge is 0.494 e. The normalized spacial score (nSPS) is 15.4. The van der Waals surface area contributed by atoms with Crippen LogP contribution in [-0.4, -0.2) is 7.11 Å². The number of allylic oxidation sites excluding steroid dienone is 6. The summed E-state index contributed by atoms with van der Waals surface area (Å²) in [5, 5.41) is 0. The van der Waals surface area contributed by atoms with E-state index in [9.17, 15) is 17.6 Å². The van der Waals surface area contributed by atoms with E-state index in [1.54, 1.807) is 0 Å². The van der Waals surface area contributed by atoms with E-state index in [1.807, 2.05) is 6.92 Å². The maximum atomic E-state index is 15.0. The molecule has 2 nitrogen and oxygen atoms in total. The highest BCUT2D eigenvalue weighted by atomic mass is 19.2. The molecule has 0 aliphatic carbocycles.